The molecule has 0 saturated heterocycles. The summed E-state index contributed by atoms with van der Waals surface area (Å²) in [4.78, 5) is 11.2. The molecule has 5 N–H and O–H groups in total. The van der Waals surface area contributed by atoms with Crippen LogP contribution >= 0.6 is 11.6 Å². The van der Waals surface area contributed by atoms with Crippen LogP contribution in [0.25, 0.3) is 0 Å². The van der Waals surface area contributed by atoms with Crippen LogP contribution in [-0.2, 0) is 0 Å². The minimum Gasteiger partial charge on any atom is -0.455 e. The highest BCUT2D eigenvalue weighted by Gasteiger charge is 2.10. The molecule has 3 rings (SSSR count). The molecule has 25 heavy (non-hydrogen) atoms. The molecule has 0 fully saturated rings. The van der Waals surface area contributed by atoms with Gasteiger partial charge in [0.05, 0.1) is 17.1 Å². The van der Waals surface area contributed by atoms with Crippen molar-refractivity contribution < 1.29 is 9.53 Å². The lowest BCUT2D eigenvalue weighted by molar-refractivity contribution is 0.100. The molecular weight excluding hydrogens is 338 g/mol. The maximum Gasteiger partial charge on any atom is 0.248 e. The fraction of sp³-hybridized carbons (Fsp3) is 0. The Morgan fingerprint density at radius 2 is 1.72 bits per heavy atom. The van der Waals surface area contributed by atoms with E-state index in [1.54, 1.807) is 30.3 Å². The lowest BCUT2D eigenvalue weighted by Gasteiger charge is -2.15. The number of nitrogens with one attached hydrogen (secondary N) is 1. The van der Waals surface area contributed by atoms with Gasteiger partial charge in [-0.05, 0) is 48.5 Å². The van der Waals surface area contributed by atoms with E-state index in [2.05, 4.69) is 5.32 Å². The van der Waals surface area contributed by atoms with Gasteiger partial charge in [-0.2, -0.15) is 0 Å². The van der Waals surface area contributed by atoms with Crippen molar-refractivity contribution in [2.24, 2.45) is 5.73 Å². The first-order valence-electron chi connectivity index (χ1n) is 7.52. The maximum absolute atomic E-state index is 11.2. The molecule has 0 aromatic heterocycles. The quantitative estimate of drug-likeness (QED) is 0.586. The molecule has 3 aromatic rings. The number of hydrogen-bond donors (Lipinski definition) is 3. The van der Waals surface area contributed by atoms with Crippen molar-refractivity contribution in [1.82, 2.24) is 0 Å². The Morgan fingerprint density at radius 3 is 2.40 bits per heavy atom. The summed E-state index contributed by atoms with van der Waals surface area (Å²) in [6.07, 6.45) is 0. The van der Waals surface area contributed by atoms with Crippen LogP contribution in [0.5, 0.6) is 11.5 Å². The topological polar surface area (TPSA) is 90.4 Å². The molecule has 0 aliphatic carbocycles. The van der Waals surface area contributed by atoms with E-state index in [1.807, 2.05) is 30.3 Å². The molecule has 0 radical (unpaired) electrons. The van der Waals surface area contributed by atoms with Crippen LogP contribution in [-0.4, -0.2) is 5.91 Å². The van der Waals surface area contributed by atoms with Gasteiger partial charge in [0.2, 0.25) is 5.91 Å². The summed E-state index contributed by atoms with van der Waals surface area (Å²) in [5.74, 6) is 0.757. The molecule has 6 heteroatoms. The van der Waals surface area contributed by atoms with Gasteiger partial charge >= 0.3 is 0 Å². The largest absolute Gasteiger partial charge is 0.455 e. The molecule has 5 nitrogen and oxygen atoms in total. The Bertz CT molecular complexity index is 914. The lowest BCUT2D eigenvalue weighted by Crippen LogP contribution is -2.11. The van der Waals surface area contributed by atoms with Gasteiger partial charge in [0.25, 0.3) is 0 Å². The van der Waals surface area contributed by atoms with E-state index in [4.69, 9.17) is 27.8 Å². The van der Waals surface area contributed by atoms with E-state index in [9.17, 15) is 4.79 Å². The Kier molecular flexibility index (Phi) is 4.77. The molecule has 126 valence electrons. The van der Waals surface area contributed by atoms with Gasteiger partial charge in [-0.15, -0.1) is 0 Å². The highest BCUT2D eigenvalue weighted by atomic mass is 35.5. The number of halogens is 1. The van der Waals surface area contributed by atoms with Crippen molar-refractivity contribution in [3.63, 3.8) is 0 Å². The van der Waals surface area contributed by atoms with Crippen LogP contribution in [0, 0.1) is 0 Å². The zero-order chi connectivity index (χ0) is 17.8. The molecule has 1 amide bonds. The normalized spacial score (nSPS) is 10.3. The summed E-state index contributed by atoms with van der Waals surface area (Å²) in [5.41, 5.74) is 13.3. The fourth-order valence-corrected chi connectivity index (χ4v) is 2.45. The lowest BCUT2D eigenvalue weighted by atomic mass is 10.1. The van der Waals surface area contributed by atoms with Gasteiger partial charge in [0, 0.05) is 10.6 Å². The number of ether oxygens (including phenoxy) is 1. The molecule has 0 heterocycles. The van der Waals surface area contributed by atoms with Crippen molar-refractivity contribution in [1.29, 1.82) is 0 Å². The number of hydrogen-bond acceptors (Lipinski definition) is 4. The molecule has 0 bridgehead atoms. The molecule has 3 aromatic carbocycles. The first kappa shape index (κ1) is 16.7. The highest BCUT2D eigenvalue weighted by molar-refractivity contribution is 6.31. The van der Waals surface area contributed by atoms with Crippen molar-refractivity contribution in [3.05, 3.63) is 77.3 Å². The summed E-state index contributed by atoms with van der Waals surface area (Å²) < 4.78 is 5.90. The summed E-state index contributed by atoms with van der Waals surface area (Å²) in [7, 11) is 0. The number of benzene rings is 3. The second-order valence-corrected chi connectivity index (χ2v) is 5.78. The summed E-state index contributed by atoms with van der Waals surface area (Å²) >= 11 is 6.10. The first-order chi connectivity index (χ1) is 12.0. The van der Waals surface area contributed by atoms with E-state index in [0.29, 0.717) is 39.1 Å². The number of carbonyl (C=O) groups is 1. The van der Waals surface area contributed by atoms with Crippen LogP contribution in [0.2, 0.25) is 5.02 Å². The predicted octanol–water partition coefficient (Wildman–Crippen LogP) is 4.56. The number of primary amides is 1. The highest BCUT2D eigenvalue weighted by Crippen LogP contribution is 2.35. The molecule has 0 aliphatic heterocycles. The number of rotatable bonds is 5. The zero-order valence-electron chi connectivity index (χ0n) is 13.2. The van der Waals surface area contributed by atoms with E-state index in [0.717, 1.165) is 0 Å². The van der Waals surface area contributed by atoms with Crippen molar-refractivity contribution in [2.75, 3.05) is 11.1 Å². The molecular formula is C19H16ClN3O2. The molecule has 0 atom stereocenters. The number of nitrogens with two attached hydrogens (primary N) is 2. The van der Waals surface area contributed by atoms with Gasteiger partial charge in [-0.25, -0.2) is 0 Å². The Hall–Kier alpha value is -3.18. The standard InChI is InChI=1S/C19H16ClN3O2/c20-13-7-9-18(25-14-4-2-1-3-5-14)17(11-13)23-16-8-6-12(19(22)24)10-15(16)21/h1-11,23H,21H2,(H2,22,24). The SMILES string of the molecule is NC(=O)c1ccc(Nc2cc(Cl)ccc2Oc2ccccc2)c(N)c1. The average molecular weight is 354 g/mol. The minimum absolute atomic E-state index is 0.343. The van der Waals surface area contributed by atoms with Gasteiger partial charge in [-0.3, -0.25) is 4.79 Å². The number of carbonyl (C=O) groups excluding carboxylic acids is 1. The maximum atomic E-state index is 11.2. The number of nitrogen functional groups attached to an aromatic ring is 1. The number of para-hydroxylation sites is 1. The van der Waals surface area contributed by atoms with Gasteiger partial charge in [-0.1, -0.05) is 29.8 Å². The van der Waals surface area contributed by atoms with Crippen molar-refractivity contribution >= 4 is 34.6 Å². The molecule has 0 aliphatic rings. The van der Waals surface area contributed by atoms with E-state index >= 15 is 0 Å². The number of anilines is 3. The van der Waals surface area contributed by atoms with E-state index < -0.39 is 5.91 Å². The predicted molar refractivity (Wildman–Crippen MR) is 101 cm³/mol. The first-order valence-corrected chi connectivity index (χ1v) is 7.89. The van der Waals surface area contributed by atoms with Gasteiger partial charge in [0.1, 0.15) is 5.75 Å². The van der Waals surface area contributed by atoms with Gasteiger partial charge < -0.3 is 21.5 Å². The van der Waals surface area contributed by atoms with Gasteiger partial charge in [0.15, 0.2) is 5.75 Å². The second kappa shape index (κ2) is 7.15. The third-order valence-corrected chi connectivity index (χ3v) is 3.75. The summed E-state index contributed by atoms with van der Waals surface area (Å²) in [5, 5.41) is 3.73. The van der Waals surface area contributed by atoms with E-state index in [1.165, 1.54) is 6.07 Å². The van der Waals surface area contributed by atoms with Crippen LogP contribution in [0.15, 0.2) is 66.7 Å². The van der Waals surface area contributed by atoms with E-state index in [-0.39, 0.29) is 0 Å². The molecule has 0 spiro atoms. The second-order valence-electron chi connectivity index (χ2n) is 5.35. The Labute approximate surface area is 150 Å². The van der Waals surface area contributed by atoms with Crippen molar-refractivity contribution in [3.8, 4) is 11.5 Å². The Balaban J connectivity index is 1.92. The molecule has 0 saturated carbocycles. The minimum atomic E-state index is -0.533. The van der Waals surface area contributed by atoms with Crippen LogP contribution in [0.1, 0.15) is 10.4 Å². The smallest absolute Gasteiger partial charge is 0.248 e. The average Bonchev–Trinajstić information content (AvgIpc) is 2.60. The van der Waals surface area contributed by atoms with Crippen LogP contribution < -0.4 is 21.5 Å². The number of amides is 1. The van der Waals surface area contributed by atoms with Crippen LogP contribution in [0.4, 0.5) is 17.1 Å². The molecule has 0 unspecified atom stereocenters. The summed E-state index contributed by atoms with van der Waals surface area (Å²) in [6, 6.07) is 19.5. The third-order valence-electron chi connectivity index (χ3n) is 3.52. The summed E-state index contributed by atoms with van der Waals surface area (Å²) in [6.45, 7) is 0. The zero-order valence-corrected chi connectivity index (χ0v) is 14.0. The monoisotopic (exact) mass is 353 g/mol. The third kappa shape index (κ3) is 4.02. The van der Waals surface area contributed by atoms with Crippen LogP contribution in [0.3, 0.4) is 0 Å². The van der Waals surface area contributed by atoms with Crippen molar-refractivity contribution in [2.45, 2.75) is 0 Å². The Morgan fingerprint density at radius 1 is 0.960 bits per heavy atom. The fourth-order valence-electron chi connectivity index (χ4n) is 2.28.